The number of carbonyl (C=O) groups excluding carboxylic acids is 2. The monoisotopic (exact) mass is 515 g/mol. The van der Waals surface area contributed by atoms with Gasteiger partial charge in [0.25, 0.3) is 11.8 Å². The van der Waals surface area contributed by atoms with E-state index in [0.29, 0.717) is 17.0 Å². The number of fused-ring (bicyclic) bond motifs is 2. The lowest BCUT2D eigenvalue weighted by Crippen LogP contribution is -2.71. The van der Waals surface area contributed by atoms with Crippen LogP contribution in [0.4, 0.5) is 5.13 Å². The van der Waals surface area contributed by atoms with Crippen molar-refractivity contribution in [2.45, 2.75) is 18.0 Å². The van der Waals surface area contributed by atoms with E-state index in [1.165, 1.54) is 23.8 Å². The zero-order valence-corrected chi connectivity index (χ0v) is 19.8. The summed E-state index contributed by atoms with van der Waals surface area (Å²) in [5, 5.41) is 18.4. The summed E-state index contributed by atoms with van der Waals surface area (Å²) in [6.45, 7) is 0.239. The van der Waals surface area contributed by atoms with E-state index < -0.39 is 29.2 Å². The molecule has 14 heteroatoms. The molecule has 0 radical (unpaired) electrons. The molecule has 3 aromatic heterocycles. The Morgan fingerprint density at radius 2 is 2.29 bits per heavy atom. The zero-order valence-electron chi connectivity index (χ0n) is 18.2. The van der Waals surface area contributed by atoms with Crippen LogP contribution in [0.15, 0.2) is 56.9 Å². The first-order chi connectivity index (χ1) is 16.9. The number of furan rings is 1. The number of thiazole rings is 1. The molecule has 2 aliphatic rings. The molecule has 1 saturated heterocycles. The van der Waals surface area contributed by atoms with Gasteiger partial charge < -0.3 is 25.4 Å². The van der Waals surface area contributed by atoms with Gasteiger partial charge in [-0.1, -0.05) is 5.16 Å². The zero-order chi connectivity index (χ0) is 24.7. The second-order valence-corrected chi connectivity index (χ2v) is 9.62. The average molecular weight is 516 g/mol. The Morgan fingerprint density at radius 1 is 1.46 bits per heavy atom. The number of thioether (sulfide) groups is 1. The third-order valence-electron chi connectivity index (χ3n) is 5.54. The normalized spacial score (nSPS) is 20.0. The Balaban J connectivity index is 1.38. The molecule has 0 aliphatic carbocycles. The number of carboxylic acids is 1. The molecule has 1 fully saturated rings. The maximum atomic E-state index is 13.0. The van der Waals surface area contributed by atoms with Crippen molar-refractivity contribution >= 4 is 62.8 Å². The topological polar surface area (TPSA) is 164 Å². The van der Waals surface area contributed by atoms with E-state index in [9.17, 15) is 19.5 Å². The Kier molecular flexibility index (Phi) is 5.90. The number of aliphatic carboxylic acids is 1. The molecule has 2 aliphatic heterocycles. The van der Waals surface area contributed by atoms with Gasteiger partial charge in [0, 0.05) is 22.8 Å². The molecule has 180 valence electrons. The summed E-state index contributed by atoms with van der Waals surface area (Å²) in [4.78, 5) is 48.1. The van der Waals surface area contributed by atoms with Gasteiger partial charge in [-0.15, -0.1) is 23.1 Å². The standard InChI is InChI=1S/C21H18N6O6S2/c1-32-25-13(12-9-35-21(22)23-12)16(28)24-14-17(29)27-15(20(30)31)11(8-34-19(14)27)7-26-5-2-3-10-4-6-33-18(10)26/h2-6,9,14,19H,7-8H2,1H3,(H3-,22,23,24,28,30,31)/p+1/t14?,19-/m1/s1. The fraction of sp³-hybridized carbons (Fsp3) is 0.238. The maximum Gasteiger partial charge on any atom is 0.380 e. The highest BCUT2D eigenvalue weighted by atomic mass is 32.2. The number of oxime groups is 1. The second-order valence-electron chi connectivity index (χ2n) is 7.63. The molecule has 2 amide bonds. The van der Waals surface area contributed by atoms with Gasteiger partial charge >= 0.3 is 11.7 Å². The van der Waals surface area contributed by atoms with E-state index in [1.807, 2.05) is 18.2 Å². The number of nitrogens with one attached hydrogen (secondary N) is 1. The first-order valence-electron chi connectivity index (χ1n) is 10.3. The number of nitrogens with two attached hydrogens (primary N) is 1. The molecule has 5 heterocycles. The molecule has 0 aromatic carbocycles. The molecule has 12 nitrogen and oxygen atoms in total. The lowest BCUT2D eigenvalue weighted by Gasteiger charge is -2.49. The molecular formula is C21H19N6O6S2+. The predicted molar refractivity (Wildman–Crippen MR) is 126 cm³/mol. The fourth-order valence-corrected chi connectivity index (χ4v) is 5.91. The van der Waals surface area contributed by atoms with Crippen molar-refractivity contribution in [2.24, 2.45) is 5.16 Å². The molecule has 5 rings (SSSR count). The number of carbonyl (C=O) groups is 3. The molecule has 35 heavy (non-hydrogen) atoms. The first-order valence-corrected chi connectivity index (χ1v) is 12.2. The number of pyridine rings is 1. The lowest BCUT2D eigenvalue weighted by atomic mass is 10.0. The summed E-state index contributed by atoms with van der Waals surface area (Å²) >= 11 is 2.50. The van der Waals surface area contributed by atoms with Crippen molar-refractivity contribution in [3.8, 4) is 0 Å². The Morgan fingerprint density at radius 3 is 3.00 bits per heavy atom. The maximum absolute atomic E-state index is 13.0. The number of rotatable bonds is 7. The molecule has 0 bridgehead atoms. The van der Waals surface area contributed by atoms with Crippen LogP contribution in [0.2, 0.25) is 0 Å². The minimum absolute atomic E-state index is 0.0848. The Bertz CT molecular complexity index is 1410. The SMILES string of the molecule is CON=C(C(=O)NC1C(=O)N2C(C(=O)O)=C(C[n+]3cccc4ccoc43)CS[C@H]12)c1csc(N)n1. The number of nitrogen functional groups attached to an aromatic ring is 1. The summed E-state index contributed by atoms with van der Waals surface area (Å²) < 4.78 is 7.33. The fourth-order valence-electron chi connectivity index (χ4n) is 4.03. The van der Waals surface area contributed by atoms with Crippen molar-refractivity contribution in [3.63, 3.8) is 0 Å². The number of β-lactam (4-membered cyclic amide) rings is 1. The first kappa shape index (κ1) is 22.9. The third-order valence-corrected chi connectivity index (χ3v) is 7.55. The highest BCUT2D eigenvalue weighted by Crippen LogP contribution is 2.40. The van der Waals surface area contributed by atoms with Gasteiger partial charge in [0.05, 0.1) is 11.6 Å². The van der Waals surface area contributed by atoms with Crippen molar-refractivity contribution in [1.82, 2.24) is 15.2 Å². The molecule has 0 saturated carbocycles. The summed E-state index contributed by atoms with van der Waals surface area (Å²) in [6, 6.07) is 4.62. The van der Waals surface area contributed by atoms with E-state index in [0.717, 1.165) is 16.7 Å². The van der Waals surface area contributed by atoms with Gasteiger partial charge in [0.1, 0.15) is 29.9 Å². The highest BCUT2D eigenvalue weighted by molar-refractivity contribution is 8.00. The van der Waals surface area contributed by atoms with Gasteiger partial charge in [-0.05, 0) is 12.1 Å². The predicted octanol–water partition coefficient (Wildman–Crippen LogP) is 0.548. The molecular weight excluding hydrogens is 496 g/mol. The highest BCUT2D eigenvalue weighted by Gasteiger charge is 2.55. The lowest BCUT2D eigenvalue weighted by molar-refractivity contribution is -0.669. The third kappa shape index (κ3) is 4.00. The van der Waals surface area contributed by atoms with E-state index in [2.05, 4.69) is 15.5 Å². The number of aromatic nitrogens is 2. The second kappa shape index (κ2) is 9.03. The smallest absolute Gasteiger partial charge is 0.380 e. The van der Waals surface area contributed by atoms with Crippen LogP contribution in [0, 0.1) is 0 Å². The van der Waals surface area contributed by atoms with E-state index >= 15 is 0 Å². The summed E-state index contributed by atoms with van der Waals surface area (Å²) in [7, 11) is 1.28. The van der Waals surface area contributed by atoms with Crippen molar-refractivity contribution in [3.05, 3.63) is 53.0 Å². The number of nitrogens with zero attached hydrogens (tertiary/aromatic N) is 4. The minimum Gasteiger partial charge on any atom is -0.477 e. The van der Waals surface area contributed by atoms with Gasteiger partial charge in [0.15, 0.2) is 23.6 Å². The van der Waals surface area contributed by atoms with Crippen LogP contribution in [0.25, 0.3) is 11.1 Å². The molecule has 4 N–H and O–H groups in total. The summed E-state index contributed by atoms with van der Waals surface area (Å²) in [6.07, 6.45) is 3.35. The van der Waals surface area contributed by atoms with Crippen molar-refractivity contribution < 1.29 is 33.3 Å². The number of hydrogen-bond acceptors (Lipinski definition) is 10. The van der Waals surface area contributed by atoms with Crippen LogP contribution in [0.1, 0.15) is 5.69 Å². The van der Waals surface area contributed by atoms with E-state index in [-0.39, 0.29) is 28.8 Å². The minimum atomic E-state index is -1.21. The number of hydrogen-bond donors (Lipinski definition) is 3. The largest absolute Gasteiger partial charge is 0.477 e. The van der Waals surface area contributed by atoms with Crippen LogP contribution in [-0.2, 0) is 25.8 Å². The summed E-state index contributed by atoms with van der Waals surface area (Å²) in [5.74, 6) is -2.06. The Labute approximate surface area is 206 Å². The van der Waals surface area contributed by atoms with Gasteiger partial charge in [0.2, 0.25) is 0 Å². The van der Waals surface area contributed by atoms with Crippen molar-refractivity contribution in [2.75, 3.05) is 18.6 Å². The quantitative estimate of drug-likeness (QED) is 0.176. The Hall–Kier alpha value is -3.91. The number of amides is 2. The van der Waals surface area contributed by atoms with Crippen LogP contribution >= 0.6 is 23.1 Å². The summed E-state index contributed by atoms with van der Waals surface area (Å²) in [5.41, 5.74) is 6.80. The van der Waals surface area contributed by atoms with Crippen LogP contribution in [0.3, 0.4) is 0 Å². The van der Waals surface area contributed by atoms with Crippen molar-refractivity contribution in [1.29, 1.82) is 0 Å². The average Bonchev–Trinajstić information content (AvgIpc) is 3.49. The molecule has 2 atom stereocenters. The molecule has 0 spiro atoms. The van der Waals surface area contributed by atoms with Gasteiger partial charge in [-0.25, -0.2) is 9.78 Å². The van der Waals surface area contributed by atoms with E-state index in [4.69, 9.17) is 15.0 Å². The van der Waals surface area contributed by atoms with E-state index in [1.54, 1.807) is 22.4 Å². The van der Waals surface area contributed by atoms with Crippen LogP contribution in [-0.4, -0.2) is 62.8 Å². The molecule has 3 aromatic rings. The number of carboxylic acid groups (broad SMARTS) is 1. The molecule has 1 unspecified atom stereocenters. The van der Waals surface area contributed by atoms with Crippen LogP contribution < -0.4 is 15.6 Å². The van der Waals surface area contributed by atoms with Gasteiger partial charge in [-0.2, -0.15) is 4.57 Å². The number of anilines is 1. The van der Waals surface area contributed by atoms with Gasteiger partial charge in [-0.3, -0.25) is 14.5 Å². The van der Waals surface area contributed by atoms with Crippen LogP contribution in [0.5, 0.6) is 0 Å².